The lowest BCUT2D eigenvalue weighted by Gasteiger charge is -2.19. The van der Waals surface area contributed by atoms with Crippen LogP contribution in [0.15, 0.2) is 41.3 Å². The van der Waals surface area contributed by atoms with Crippen LogP contribution in [0, 0.1) is 0 Å². The summed E-state index contributed by atoms with van der Waals surface area (Å²) in [7, 11) is 0.160. The zero-order chi connectivity index (χ0) is 29.1. The smallest absolute Gasteiger partial charge is 0.306 e. The van der Waals surface area contributed by atoms with Crippen LogP contribution in [0.3, 0.4) is 0 Å². The molecule has 0 saturated carbocycles. The van der Waals surface area contributed by atoms with Crippen molar-refractivity contribution >= 4 is 38.4 Å². The van der Waals surface area contributed by atoms with E-state index in [-0.39, 0.29) is 35.4 Å². The van der Waals surface area contributed by atoms with Gasteiger partial charge in [0, 0.05) is 49.9 Å². The first kappa shape index (κ1) is 33.3. The highest BCUT2D eigenvalue weighted by Crippen LogP contribution is 2.30. The second-order valence-electron chi connectivity index (χ2n) is 11.1. The number of nitrogens with one attached hydrogen (secondary N) is 1. The summed E-state index contributed by atoms with van der Waals surface area (Å²) >= 11 is 0. The van der Waals surface area contributed by atoms with Crippen molar-refractivity contribution in [1.29, 1.82) is 0 Å². The fraction of sp³-hybridized carbons (Fsp3) is 0.571. The van der Waals surface area contributed by atoms with Crippen LogP contribution in [0.1, 0.15) is 67.2 Å². The monoisotopic (exact) mass is 551 g/mol. The average Bonchev–Trinajstić information content (AvgIpc) is 2.77. The normalized spacial score (nSPS) is 11.9. The van der Waals surface area contributed by atoms with Crippen molar-refractivity contribution in [2.45, 2.75) is 83.3 Å². The summed E-state index contributed by atoms with van der Waals surface area (Å²) in [6.07, 6.45) is 1.67. The van der Waals surface area contributed by atoms with Crippen LogP contribution in [-0.4, -0.2) is 58.7 Å². The van der Waals surface area contributed by atoms with E-state index in [1.54, 1.807) is 39.0 Å². The third kappa shape index (κ3) is 12.2. The lowest BCUT2D eigenvalue weighted by atomic mass is 10.1. The fourth-order valence-electron chi connectivity index (χ4n) is 3.44. The topological polar surface area (TPSA) is 128 Å². The first-order valence-corrected chi connectivity index (χ1v) is 14.3. The van der Waals surface area contributed by atoms with E-state index < -0.39 is 15.6 Å². The Bertz CT molecular complexity index is 1170. The molecule has 0 saturated heterocycles. The van der Waals surface area contributed by atoms with Gasteiger partial charge in [-0.3, -0.25) is 9.59 Å². The summed E-state index contributed by atoms with van der Waals surface area (Å²) in [5, 5.41) is 1.54. The van der Waals surface area contributed by atoms with Gasteiger partial charge in [0.15, 0.2) is 0 Å². The number of benzene rings is 2. The van der Waals surface area contributed by atoms with Crippen molar-refractivity contribution < 1.29 is 27.5 Å². The lowest BCUT2D eigenvalue weighted by Crippen LogP contribution is -2.27. The summed E-state index contributed by atoms with van der Waals surface area (Å²) < 4.78 is 38.4. The van der Waals surface area contributed by atoms with Crippen LogP contribution in [0.25, 0.3) is 10.8 Å². The molecular formula is C28H45N3O6S. The molecule has 0 heterocycles. The Morgan fingerprint density at radius 2 is 1.34 bits per heavy atom. The van der Waals surface area contributed by atoms with Gasteiger partial charge in [0.2, 0.25) is 10.0 Å². The van der Waals surface area contributed by atoms with Gasteiger partial charge in [-0.05, 0) is 73.1 Å². The maximum Gasteiger partial charge on any atom is 0.306 e. The number of carbonyl (C=O) groups is 2. The Morgan fingerprint density at radius 3 is 1.84 bits per heavy atom. The molecular weight excluding hydrogens is 506 g/mol. The highest BCUT2D eigenvalue weighted by Gasteiger charge is 2.19. The van der Waals surface area contributed by atoms with E-state index in [0.717, 1.165) is 11.1 Å². The molecule has 0 spiro atoms. The molecule has 0 atom stereocenters. The molecule has 0 amide bonds. The molecule has 0 bridgehead atoms. The molecule has 0 aliphatic rings. The number of nitrogens with two attached hydrogens (primary N) is 1. The van der Waals surface area contributed by atoms with E-state index in [0.29, 0.717) is 31.2 Å². The minimum atomic E-state index is -3.68. The van der Waals surface area contributed by atoms with Crippen molar-refractivity contribution in [3.8, 4) is 0 Å². The van der Waals surface area contributed by atoms with Gasteiger partial charge in [-0.1, -0.05) is 24.3 Å². The Labute approximate surface area is 228 Å². The number of hydrogen-bond donors (Lipinski definition) is 2. The molecule has 0 unspecified atom stereocenters. The van der Waals surface area contributed by atoms with Gasteiger partial charge in [0.05, 0.1) is 4.90 Å². The van der Waals surface area contributed by atoms with Crippen molar-refractivity contribution in [1.82, 2.24) is 4.72 Å². The summed E-state index contributed by atoms with van der Waals surface area (Å²) in [6, 6.07) is 10.8. The van der Waals surface area contributed by atoms with E-state index in [1.807, 2.05) is 58.0 Å². The Hall–Kier alpha value is -2.69. The predicted molar refractivity (Wildman–Crippen MR) is 153 cm³/mol. The minimum absolute atomic E-state index is 0.164. The van der Waals surface area contributed by atoms with Gasteiger partial charge in [-0.15, -0.1) is 0 Å². The molecule has 0 radical (unpaired) electrons. The largest absolute Gasteiger partial charge is 0.460 e. The van der Waals surface area contributed by atoms with E-state index in [2.05, 4.69) is 4.72 Å². The van der Waals surface area contributed by atoms with Crippen LogP contribution >= 0.6 is 0 Å². The highest BCUT2D eigenvalue weighted by molar-refractivity contribution is 7.89. The second kappa shape index (κ2) is 14.5. The summed E-state index contributed by atoms with van der Waals surface area (Å²) in [5.41, 5.74) is 5.28. The highest BCUT2D eigenvalue weighted by atomic mass is 32.2. The standard InChI is InChI=1S/C20H28N2O4S.C8H17NO2/c1-20(2,3)26-19(23)13-8-14-21-27(24,25)18-12-7-9-15-16(18)10-6-11-17(15)22(4)5;1-8(2,3)11-7(10)5-4-6-9/h6-7,9-12,21H,8,13-14H2,1-5H3;4-6,9H2,1-3H3. The quantitative estimate of drug-likeness (QED) is 0.329. The zero-order valence-electron chi connectivity index (χ0n) is 24.1. The first-order valence-electron chi connectivity index (χ1n) is 12.8. The molecule has 10 heteroatoms. The molecule has 2 aromatic carbocycles. The maximum atomic E-state index is 12.8. The number of nitrogens with zero attached hydrogens (tertiary/aromatic N) is 1. The van der Waals surface area contributed by atoms with Gasteiger partial charge in [-0.2, -0.15) is 0 Å². The molecule has 0 aliphatic carbocycles. The van der Waals surface area contributed by atoms with Gasteiger partial charge in [0.25, 0.3) is 0 Å². The summed E-state index contributed by atoms with van der Waals surface area (Å²) in [6.45, 7) is 11.7. The van der Waals surface area contributed by atoms with E-state index in [4.69, 9.17) is 15.2 Å². The SMILES string of the molecule is CC(C)(C)OC(=O)CCCN.CN(C)c1cccc2c(S(=O)(=O)NCCCC(=O)OC(C)(C)C)cccc12. The van der Waals surface area contributed by atoms with Crippen molar-refractivity contribution in [3.05, 3.63) is 36.4 Å². The Morgan fingerprint density at radius 1 is 0.842 bits per heavy atom. The molecule has 3 N–H and O–H groups in total. The van der Waals surface area contributed by atoms with Crippen molar-refractivity contribution in [3.63, 3.8) is 0 Å². The van der Waals surface area contributed by atoms with Crippen LogP contribution < -0.4 is 15.4 Å². The number of rotatable bonds is 10. The number of ether oxygens (including phenoxy) is 2. The van der Waals surface area contributed by atoms with Crippen LogP contribution in [0.2, 0.25) is 0 Å². The van der Waals surface area contributed by atoms with Crippen molar-refractivity contribution in [2.24, 2.45) is 5.73 Å². The molecule has 2 aromatic rings. The second-order valence-corrected chi connectivity index (χ2v) is 12.8. The number of sulfonamides is 1. The van der Waals surface area contributed by atoms with Crippen LogP contribution in [-0.2, 0) is 29.1 Å². The van der Waals surface area contributed by atoms with Crippen LogP contribution in [0.4, 0.5) is 5.69 Å². The Kier molecular flexibility index (Phi) is 12.7. The fourth-order valence-corrected chi connectivity index (χ4v) is 4.73. The summed E-state index contributed by atoms with van der Waals surface area (Å²) in [5.74, 6) is -0.495. The van der Waals surface area contributed by atoms with E-state index >= 15 is 0 Å². The number of carbonyl (C=O) groups excluding carboxylic acids is 2. The van der Waals surface area contributed by atoms with E-state index in [1.165, 1.54) is 0 Å². The van der Waals surface area contributed by atoms with Gasteiger partial charge >= 0.3 is 11.9 Å². The summed E-state index contributed by atoms with van der Waals surface area (Å²) in [4.78, 5) is 24.9. The molecule has 9 nitrogen and oxygen atoms in total. The predicted octanol–water partition coefficient (Wildman–Crippen LogP) is 4.37. The molecule has 2 rings (SSSR count). The number of fused-ring (bicyclic) bond motifs is 1. The molecule has 38 heavy (non-hydrogen) atoms. The maximum absolute atomic E-state index is 12.8. The molecule has 214 valence electrons. The van der Waals surface area contributed by atoms with Gasteiger partial charge < -0.3 is 20.1 Å². The molecule has 0 fully saturated rings. The van der Waals surface area contributed by atoms with Crippen molar-refractivity contribution in [2.75, 3.05) is 32.1 Å². The van der Waals surface area contributed by atoms with E-state index in [9.17, 15) is 18.0 Å². The average molecular weight is 552 g/mol. The number of esters is 2. The Balaban J connectivity index is 0.000000554. The van der Waals surface area contributed by atoms with Crippen LogP contribution in [0.5, 0.6) is 0 Å². The number of anilines is 1. The minimum Gasteiger partial charge on any atom is -0.460 e. The zero-order valence-corrected chi connectivity index (χ0v) is 24.9. The third-order valence-electron chi connectivity index (χ3n) is 4.91. The van der Waals surface area contributed by atoms with Gasteiger partial charge in [0.1, 0.15) is 11.2 Å². The third-order valence-corrected chi connectivity index (χ3v) is 6.42. The lowest BCUT2D eigenvalue weighted by molar-refractivity contribution is -0.156. The first-order chi connectivity index (χ1) is 17.5. The molecule has 0 aliphatic heterocycles. The number of hydrogen-bond acceptors (Lipinski definition) is 8. The van der Waals surface area contributed by atoms with Gasteiger partial charge in [-0.25, -0.2) is 13.1 Å². The molecule has 0 aromatic heterocycles.